The summed E-state index contributed by atoms with van der Waals surface area (Å²) in [5, 5.41) is 3.30. The smallest absolute Gasteiger partial charge is 0.255 e. The zero-order chi connectivity index (χ0) is 30.0. The summed E-state index contributed by atoms with van der Waals surface area (Å²) in [7, 11) is 3.05. The highest BCUT2D eigenvalue weighted by Gasteiger charge is 2.22. The molecule has 0 saturated heterocycles. The fraction of sp³-hybridized carbons (Fsp3) is 0.433. The topological polar surface area (TPSA) is 124 Å². The number of ether oxygens (including phenoxy) is 2. The monoisotopic (exact) mass is 584 g/mol. The lowest BCUT2D eigenvalue weighted by Gasteiger charge is -2.23. The average molecular weight is 585 g/mol. The van der Waals surface area contributed by atoms with E-state index in [0.717, 1.165) is 37.2 Å². The molecule has 0 atom stereocenters. The lowest BCUT2D eigenvalue weighted by molar-refractivity contribution is 0.102. The maximum atomic E-state index is 13.4. The number of halogens is 1. The lowest BCUT2D eigenvalue weighted by atomic mass is 9.86. The molecule has 0 saturated carbocycles. The highest BCUT2D eigenvalue weighted by molar-refractivity contribution is 6.32. The lowest BCUT2D eigenvalue weighted by Crippen LogP contribution is -2.30. The number of unbranched alkanes of at least 4 members (excludes halogenated alkanes) is 1. The van der Waals surface area contributed by atoms with E-state index in [0.29, 0.717) is 52.4 Å². The van der Waals surface area contributed by atoms with Crippen LogP contribution in [0.2, 0.25) is 5.02 Å². The molecule has 1 aromatic heterocycles. The number of anilines is 2. The second-order valence-electron chi connectivity index (χ2n) is 10.6. The largest absolute Gasteiger partial charge is 0.492 e. The molecule has 0 aliphatic heterocycles. The summed E-state index contributed by atoms with van der Waals surface area (Å²) in [6.07, 6.45) is 3.63. The third-order valence-corrected chi connectivity index (χ3v) is 6.70. The Morgan fingerprint density at radius 2 is 1.83 bits per heavy atom. The molecule has 0 fully saturated rings. The quantitative estimate of drug-likeness (QED) is 0.195. The number of aromatic nitrogens is 2. The Kier molecular flexibility index (Phi) is 11.7. The minimum atomic E-state index is -0.365. The van der Waals surface area contributed by atoms with Crippen molar-refractivity contribution in [3.8, 4) is 17.4 Å². The molecule has 41 heavy (non-hydrogen) atoms. The van der Waals surface area contributed by atoms with Crippen molar-refractivity contribution in [3.05, 3.63) is 64.6 Å². The number of carbonyl (C=O) groups excluding carboxylic acids is 1. The van der Waals surface area contributed by atoms with Crippen LogP contribution in [0.1, 0.15) is 62.2 Å². The van der Waals surface area contributed by atoms with Crippen LogP contribution in [0.3, 0.4) is 0 Å². The average Bonchev–Trinajstić information content (AvgIpc) is 2.93. The van der Waals surface area contributed by atoms with E-state index in [9.17, 15) is 4.79 Å². The molecule has 1 heterocycles. The second-order valence-corrected chi connectivity index (χ2v) is 11.0. The van der Waals surface area contributed by atoms with Crippen LogP contribution in [-0.2, 0) is 16.8 Å². The van der Waals surface area contributed by atoms with Gasteiger partial charge in [-0.25, -0.2) is 9.97 Å². The Morgan fingerprint density at radius 3 is 2.49 bits per heavy atom. The number of hydrogen-bond donors (Lipinski definition) is 3. The fourth-order valence-electron chi connectivity index (χ4n) is 4.17. The Labute approximate surface area is 247 Å². The van der Waals surface area contributed by atoms with Crippen molar-refractivity contribution in [1.29, 1.82) is 0 Å². The predicted octanol–water partition coefficient (Wildman–Crippen LogP) is 6.01. The van der Waals surface area contributed by atoms with Crippen molar-refractivity contribution in [2.45, 2.75) is 52.5 Å². The molecule has 222 valence electrons. The van der Waals surface area contributed by atoms with Gasteiger partial charge >= 0.3 is 0 Å². The number of methoxy groups -OCH3 is 1. The van der Waals surface area contributed by atoms with Gasteiger partial charge in [0.05, 0.1) is 30.6 Å². The highest BCUT2D eigenvalue weighted by atomic mass is 35.5. The van der Waals surface area contributed by atoms with E-state index in [2.05, 4.69) is 53.4 Å². The van der Waals surface area contributed by atoms with Crippen LogP contribution in [0.25, 0.3) is 0 Å². The third-order valence-electron chi connectivity index (χ3n) is 6.38. The zero-order valence-corrected chi connectivity index (χ0v) is 25.5. The number of nitrogens with zero attached hydrogens (tertiary/aromatic N) is 3. The summed E-state index contributed by atoms with van der Waals surface area (Å²) in [5.74, 6) is 0.698. The molecule has 4 N–H and O–H groups in total. The Morgan fingerprint density at radius 1 is 1.07 bits per heavy atom. The molecule has 1 amide bonds. The number of nitrogens with two attached hydrogens (primary N) is 1. The van der Waals surface area contributed by atoms with Crippen molar-refractivity contribution in [2.24, 2.45) is 5.73 Å². The van der Waals surface area contributed by atoms with Gasteiger partial charge in [-0.3, -0.25) is 20.0 Å². The Bertz CT molecular complexity index is 1310. The van der Waals surface area contributed by atoms with Gasteiger partial charge in [0.25, 0.3) is 5.91 Å². The number of amides is 1. The standard InChI is InChI=1S/C30H41ClN6O4/c1-7-8-12-37(13-11-32)18-22-17-27(34-19-33-22)41-26-14-20(9-10-23(26)31)29(38)35-24-15-21(30(2,3)4)16-25(36-40-6)28(24)39-5/h9-10,14-17,19,36H,7-8,11-13,18,32H2,1-6H3,(H,35,38). The first-order chi connectivity index (χ1) is 19.6. The number of rotatable bonds is 14. The van der Waals surface area contributed by atoms with Crippen LogP contribution in [0.15, 0.2) is 42.7 Å². The van der Waals surface area contributed by atoms with Crippen LogP contribution in [0, 0.1) is 0 Å². The molecular formula is C30H41ClN6O4. The second kappa shape index (κ2) is 15.0. The summed E-state index contributed by atoms with van der Waals surface area (Å²) in [5.41, 5.74) is 11.7. The first kappa shape index (κ1) is 32.1. The molecule has 0 bridgehead atoms. The summed E-state index contributed by atoms with van der Waals surface area (Å²) < 4.78 is 11.6. The van der Waals surface area contributed by atoms with Gasteiger partial charge in [-0.05, 0) is 54.3 Å². The van der Waals surface area contributed by atoms with Crippen LogP contribution in [0.5, 0.6) is 17.4 Å². The van der Waals surface area contributed by atoms with Gasteiger partial charge in [0.1, 0.15) is 17.8 Å². The highest BCUT2D eigenvalue weighted by Crippen LogP contribution is 2.39. The van der Waals surface area contributed by atoms with E-state index in [1.165, 1.54) is 20.5 Å². The van der Waals surface area contributed by atoms with Crippen molar-refractivity contribution < 1.29 is 19.1 Å². The van der Waals surface area contributed by atoms with Gasteiger partial charge in [-0.2, -0.15) is 0 Å². The van der Waals surface area contributed by atoms with E-state index in [1.807, 2.05) is 12.1 Å². The fourth-order valence-corrected chi connectivity index (χ4v) is 4.33. The van der Waals surface area contributed by atoms with Gasteiger partial charge in [0.15, 0.2) is 5.75 Å². The third kappa shape index (κ3) is 9.02. The maximum Gasteiger partial charge on any atom is 0.255 e. The molecule has 10 nitrogen and oxygen atoms in total. The van der Waals surface area contributed by atoms with E-state index >= 15 is 0 Å². The van der Waals surface area contributed by atoms with Crippen LogP contribution >= 0.6 is 11.6 Å². The van der Waals surface area contributed by atoms with Crippen molar-refractivity contribution in [3.63, 3.8) is 0 Å². The van der Waals surface area contributed by atoms with Crippen LogP contribution in [0.4, 0.5) is 11.4 Å². The van der Waals surface area contributed by atoms with Gasteiger partial charge < -0.3 is 20.5 Å². The maximum absolute atomic E-state index is 13.4. The molecule has 0 spiro atoms. The molecular weight excluding hydrogens is 544 g/mol. The molecule has 0 unspecified atom stereocenters. The van der Waals surface area contributed by atoms with E-state index < -0.39 is 0 Å². The first-order valence-electron chi connectivity index (χ1n) is 13.6. The normalized spacial score (nSPS) is 11.4. The minimum Gasteiger partial charge on any atom is -0.492 e. The van der Waals surface area contributed by atoms with E-state index in [4.69, 9.17) is 31.6 Å². The van der Waals surface area contributed by atoms with Gasteiger partial charge in [0.2, 0.25) is 5.88 Å². The zero-order valence-electron chi connectivity index (χ0n) is 24.7. The summed E-state index contributed by atoms with van der Waals surface area (Å²) in [6, 6.07) is 10.4. The molecule has 0 radical (unpaired) electrons. The van der Waals surface area contributed by atoms with Crippen molar-refractivity contribution >= 4 is 28.9 Å². The number of benzene rings is 2. The summed E-state index contributed by atoms with van der Waals surface area (Å²) in [4.78, 5) is 29.4. The van der Waals surface area contributed by atoms with E-state index in [-0.39, 0.29) is 11.3 Å². The molecule has 2 aromatic carbocycles. The van der Waals surface area contributed by atoms with Crippen LogP contribution < -0.4 is 26.0 Å². The first-order valence-corrected chi connectivity index (χ1v) is 14.0. The van der Waals surface area contributed by atoms with Crippen LogP contribution in [-0.4, -0.2) is 54.6 Å². The number of hydrogen-bond acceptors (Lipinski definition) is 9. The molecule has 0 aliphatic carbocycles. The number of carbonyl (C=O) groups is 1. The Balaban J connectivity index is 1.84. The summed E-state index contributed by atoms with van der Waals surface area (Å²) >= 11 is 6.44. The SMILES string of the molecule is CCCCN(CCN)Cc1cc(Oc2cc(C(=O)Nc3cc(C(C)(C)C)cc(NOC)c3OC)ccc2Cl)ncn1. The van der Waals surface area contributed by atoms with Gasteiger partial charge in [-0.15, -0.1) is 0 Å². The predicted molar refractivity (Wildman–Crippen MR) is 163 cm³/mol. The molecule has 0 aliphatic rings. The summed E-state index contributed by atoms with van der Waals surface area (Å²) in [6.45, 7) is 11.3. The van der Waals surface area contributed by atoms with Gasteiger partial charge in [-0.1, -0.05) is 45.7 Å². The van der Waals surface area contributed by atoms with E-state index in [1.54, 1.807) is 24.3 Å². The van der Waals surface area contributed by atoms with Gasteiger partial charge in [0, 0.05) is 31.3 Å². The molecule has 11 heteroatoms. The molecule has 3 aromatic rings. The number of nitrogens with one attached hydrogen (secondary N) is 2. The van der Waals surface area contributed by atoms with Crippen molar-refractivity contribution in [1.82, 2.24) is 14.9 Å². The Hall–Kier alpha value is -3.44. The van der Waals surface area contributed by atoms with Crippen molar-refractivity contribution in [2.75, 3.05) is 44.7 Å². The molecule has 3 rings (SSSR count). The minimum absolute atomic E-state index is 0.190.